The normalized spacial score (nSPS) is 21.9. The zero-order valence-corrected chi connectivity index (χ0v) is 20.8. The van der Waals surface area contributed by atoms with E-state index in [-0.39, 0.29) is 17.9 Å². The minimum atomic E-state index is -0.0541. The molecule has 1 unspecified atom stereocenters. The number of carbonyl (C=O) groups excluding carboxylic acids is 2. The Morgan fingerprint density at radius 3 is 2.14 bits per heavy atom. The van der Waals surface area contributed by atoms with E-state index in [0.717, 1.165) is 24.2 Å². The molecule has 2 aromatic rings. The molecule has 1 atom stereocenters. The molecule has 0 radical (unpaired) electrons. The summed E-state index contributed by atoms with van der Waals surface area (Å²) in [5.74, 6) is 0.795. The van der Waals surface area contributed by atoms with Crippen molar-refractivity contribution in [3.8, 4) is 0 Å². The molecule has 3 aliphatic rings. The highest BCUT2D eigenvalue weighted by Gasteiger charge is 2.34. The maximum atomic E-state index is 13.0. The zero-order valence-electron chi connectivity index (χ0n) is 20.8. The second-order valence-corrected chi connectivity index (χ2v) is 10.6. The summed E-state index contributed by atoms with van der Waals surface area (Å²) >= 11 is 0. The topological polar surface area (TPSA) is 61.4 Å². The van der Waals surface area contributed by atoms with Crippen LogP contribution in [0.15, 0.2) is 48.5 Å². The van der Waals surface area contributed by atoms with Crippen LogP contribution in [0.2, 0.25) is 0 Å². The summed E-state index contributed by atoms with van der Waals surface area (Å²) in [5, 5.41) is 6.65. The van der Waals surface area contributed by atoms with Crippen molar-refractivity contribution in [1.29, 1.82) is 0 Å². The predicted molar refractivity (Wildman–Crippen MR) is 141 cm³/mol. The lowest BCUT2D eigenvalue weighted by Gasteiger charge is -2.26. The Hall–Kier alpha value is -2.66. The highest BCUT2D eigenvalue weighted by atomic mass is 16.2. The fourth-order valence-corrected chi connectivity index (χ4v) is 6.07. The van der Waals surface area contributed by atoms with E-state index in [1.54, 1.807) is 0 Å². The van der Waals surface area contributed by atoms with Gasteiger partial charge in [0.05, 0.1) is 6.04 Å². The van der Waals surface area contributed by atoms with Crippen LogP contribution in [0.1, 0.15) is 98.0 Å². The van der Waals surface area contributed by atoms with Gasteiger partial charge in [-0.3, -0.25) is 9.59 Å². The largest absolute Gasteiger partial charge is 0.348 e. The third-order valence-electron chi connectivity index (χ3n) is 8.20. The molecular formula is C30H39N3O2. The molecule has 5 nitrogen and oxygen atoms in total. The van der Waals surface area contributed by atoms with Crippen LogP contribution in [0, 0.1) is 0 Å². The number of nitrogens with zero attached hydrogens (tertiary/aromatic N) is 1. The molecule has 2 N–H and O–H groups in total. The van der Waals surface area contributed by atoms with Gasteiger partial charge in [-0.2, -0.15) is 0 Å². The lowest BCUT2D eigenvalue weighted by atomic mass is 9.84. The standard InChI is InChI=1S/C30H39N3O2/c34-29(25-15-13-24(14-16-25)23-7-3-1-4-8-23)31-21-22-11-17-27(18-12-22)33-20-19-28(30(33)35)32-26-9-5-2-6-10-26/h11-18,23,26,28,32H,1-10,19-21H2,(H,31,34). The first-order chi connectivity index (χ1) is 17.2. The molecule has 2 amide bonds. The van der Waals surface area contributed by atoms with Crippen molar-refractivity contribution in [2.24, 2.45) is 0 Å². The molecule has 0 bridgehead atoms. The number of hydrogen-bond acceptors (Lipinski definition) is 3. The number of nitrogens with one attached hydrogen (secondary N) is 2. The Kier molecular flexibility index (Phi) is 7.82. The number of rotatable bonds is 7. The van der Waals surface area contributed by atoms with Gasteiger partial charge in [-0.25, -0.2) is 0 Å². The summed E-state index contributed by atoms with van der Waals surface area (Å²) in [6.45, 7) is 1.24. The number of carbonyl (C=O) groups is 2. The minimum Gasteiger partial charge on any atom is -0.348 e. The van der Waals surface area contributed by atoms with Gasteiger partial charge in [0.15, 0.2) is 0 Å². The van der Waals surface area contributed by atoms with Gasteiger partial charge in [0.1, 0.15) is 0 Å². The van der Waals surface area contributed by atoms with Crippen LogP contribution < -0.4 is 15.5 Å². The van der Waals surface area contributed by atoms with Crippen molar-refractivity contribution in [3.63, 3.8) is 0 Å². The van der Waals surface area contributed by atoms with E-state index < -0.39 is 0 Å². The van der Waals surface area contributed by atoms with Crippen molar-refractivity contribution in [2.75, 3.05) is 11.4 Å². The first kappa shape index (κ1) is 24.1. The first-order valence-corrected chi connectivity index (χ1v) is 13.7. The highest BCUT2D eigenvalue weighted by molar-refractivity contribution is 5.99. The lowest BCUT2D eigenvalue weighted by molar-refractivity contribution is -0.119. The summed E-state index contributed by atoms with van der Waals surface area (Å²) in [4.78, 5) is 27.5. The number of anilines is 1. The van der Waals surface area contributed by atoms with Crippen LogP contribution in [-0.4, -0.2) is 30.4 Å². The molecule has 186 valence electrons. The molecule has 5 rings (SSSR count). The first-order valence-electron chi connectivity index (χ1n) is 13.7. The van der Waals surface area contributed by atoms with E-state index in [1.807, 2.05) is 41.3 Å². The fourth-order valence-electron chi connectivity index (χ4n) is 6.07. The molecule has 3 fully saturated rings. The summed E-state index contributed by atoms with van der Waals surface area (Å²) in [6.07, 6.45) is 13.6. The van der Waals surface area contributed by atoms with E-state index in [1.165, 1.54) is 69.8 Å². The predicted octanol–water partition coefficient (Wildman–Crippen LogP) is 5.69. The molecular weight excluding hydrogens is 434 g/mol. The van der Waals surface area contributed by atoms with Crippen LogP contribution in [-0.2, 0) is 11.3 Å². The SMILES string of the molecule is O=C(NCc1ccc(N2CCC(NC3CCCCC3)C2=O)cc1)c1ccc(C2CCCCC2)cc1. The Bertz CT molecular complexity index is 989. The van der Waals surface area contributed by atoms with Crippen molar-refractivity contribution in [3.05, 3.63) is 65.2 Å². The maximum Gasteiger partial charge on any atom is 0.251 e. The van der Waals surface area contributed by atoms with Crippen LogP contribution in [0.4, 0.5) is 5.69 Å². The average molecular weight is 474 g/mol. The molecule has 2 aliphatic carbocycles. The lowest BCUT2D eigenvalue weighted by Crippen LogP contribution is -2.44. The van der Waals surface area contributed by atoms with Gasteiger partial charge in [-0.1, -0.05) is 62.8 Å². The van der Waals surface area contributed by atoms with Crippen LogP contribution in [0.5, 0.6) is 0 Å². The van der Waals surface area contributed by atoms with Gasteiger partial charge < -0.3 is 15.5 Å². The van der Waals surface area contributed by atoms with E-state index in [4.69, 9.17) is 0 Å². The van der Waals surface area contributed by atoms with Crippen molar-refractivity contribution in [1.82, 2.24) is 10.6 Å². The Labute approximate surface area is 209 Å². The average Bonchev–Trinajstić information content (AvgIpc) is 3.28. The summed E-state index contributed by atoms with van der Waals surface area (Å²) in [7, 11) is 0. The Balaban J connectivity index is 1.11. The van der Waals surface area contributed by atoms with Gasteiger partial charge in [0, 0.05) is 30.4 Å². The van der Waals surface area contributed by atoms with Crippen LogP contribution >= 0.6 is 0 Å². The number of hydrogen-bond donors (Lipinski definition) is 2. The second kappa shape index (κ2) is 11.4. The number of amides is 2. The Morgan fingerprint density at radius 2 is 1.46 bits per heavy atom. The van der Waals surface area contributed by atoms with Gasteiger partial charge in [0.2, 0.25) is 5.91 Å². The zero-order chi connectivity index (χ0) is 24.0. The summed E-state index contributed by atoms with van der Waals surface area (Å²) in [5.41, 5.74) is 4.05. The quantitative estimate of drug-likeness (QED) is 0.543. The highest BCUT2D eigenvalue weighted by Crippen LogP contribution is 2.32. The molecule has 1 heterocycles. The van der Waals surface area contributed by atoms with Gasteiger partial charge >= 0.3 is 0 Å². The van der Waals surface area contributed by atoms with Gasteiger partial charge in [0.25, 0.3) is 5.91 Å². The van der Waals surface area contributed by atoms with E-state index >= 15 is 0 Å². The molecule has 1 aliphatic heterocycles. The minimum absolute atomic E-state index is 0.0457. The van der Waals surface area contributed by atoms with Gasteiger partial charge in [-0.05, 0) is 73.4 Å². The third-order valence-corrected chi connectivity index (χ3v) is 8.20. The second-order valence-electron chi connectivity index (χ2n) is 10.6. The molecule has 1 saturated heterocycles. The van der Waals surface area contributed by atoms with E-state index in [9.17, 15) is 9.59 Å². The molecule has 5 heteroatoms. The summed E-state index contributed by atoms with van der Waals surface area (Å²) in [6, 6.07) is 16.6. The molecule has 35 heavy (non-hydrogen) atoms. The van der Waals surface area contributed by atoms with Crippen LogP contribution in [0.3, 0.4) is 0 Å². The van der Waals surface area contributed by atoms with E-state index in [0.29, 0.717) is 24.1 Å². The molecule has 0 spiro atoms. The third kappa shape index (κ3) is 5.95. The smallest absolute Gasteiger partial charge is 0.251 e. The molecule has 2 saturated carbocycles. The molecule has 2 aromatic carbocycles. The monoisotopic (exact) mass is 473 g/mol. The van der Waals surface area contributed by atoms with Crippen molar-refractivity contribution in [2.45, 2.75) is 95.2 Å². The summed E-state index contributed by atoms with van der Waals surface area (Å²) < 4.78 is 0. The van der Waals surface area contributed by atoms with E-state index in [2.05, 4.69) is 22.8 Å². The Morgan fingerprint density at radius 1 is 0.800 bits per heavy atom. The maximum absolute atomic E-state index is 13.0. The van der Waals surface area contributed by atoms with Crippen LogP contribution in [0.25, 0.3) is 0 Å². The molecule has 0 aromatic heterocycles. The fraction of sp³-hybridized carbons (Fsp3) is 0.533. The number of benzene rings is 2. The van der Waals surface area contributed by atoms with Crippen molar-refractivity contribution < 1.29 is 9.59 Å². The van der Waals surface area contributed by atoms with Gasteiger partial charge in [-0.15, -0.1) is 0 Å². The van der Waals surface area contributed by atoms with Crippen molar-refractivity contribution >= 4 is 17.5 Å².